The predicted octanol–water partition coefficient (Wildman–Crippen LogP) is 2.18. The van der Waals surface area contributed by atoms with Crippen molar-refractivity contribution in [3.05, 3.63) is 63.6 Å². The van der Waals surface area contributed by atoms with E-state index in [1.807, 2.05) is 32.0 Å². The zero-order valence-electron chi connectivity index (χ0n) is 12.3. The van der Waals surface area contributed by atoms with Crippen LogP contribution in [0, 0.1) is 6.92 Å². The second kappa shape index (κ2) is 6.26. The van der Waals surface area contributed by atoms with E-state index in [1.165, 1.54) is 12.3 Å². The molecule has 1 aromatic carbocycles. The Kier molecular flexibility index (Phi) is 4.42. The molecule has 110 valence electrons. The van der Waals surface area contributed by atoms with Gasteiger partial charge in [-0.15, -0.1) is 0 Å². The first-order chi connectivity index (χ1) is 10.0. The number of methoxy groups -OCH3 is 1. The van der Waals surface area contributed by atoms with Crippen LogP contribution in [0.1, 0.15) is 34.5 Å². The summed E-state index contributed by atoms with van der Waals surface area (Å²) in [7, 11) is 1.60. The third kappa shape index (κ3) is 3.51. The smallest absolute Gasteiger partial charge is 0.252 e. The molecule has 1 heterocycles. The zero-order chi connectivity index (χ0) is 15.4. The van der Waals surface area contributed by atoms with Crippen LogP contribution < -0.4 is 15.6 Å². The number of aromatic nitrogens is 1. The molecule has 0 spiro atoms. The van der Waals surface area contributed by atoms with E-state index in [4.69, 9.17) is 4.74 Å². The summed E-state index contributed by atoms with van der Waals surface area (Å²) in [6.45, 7) is 3.86. The van der Waals surface area contributed by atoms with Crippen molar-refractivity contribution in [2.45, 2.75) is 19.9 Å². The summed E-state index contributed by atoms with van der Waals surface area (Å²) in [6.07, 6.45) is 1.45. The van der Waals surface area contributed by atoms with Crippen LogP contribution >= 0.6 is 0 Å². The summed E-state index contributed by atoms with van der Waals surface area (Å²) in [5.74, 6) is 0.427. The first-order valence-corrected chi connectivity index (χ1v) is 6.65. The minimum Gasteiger partial charge on any atom is -0.496 e. The first-order valence-electron chi connectivity index (χ1n) is 6.65. The van der Waals surface area contributed by atoms with Crippen LogP contribution in [-0.4, -0.2) is 18.0 Å². The maximum absolute atomic E-state index is 12.2. The highest BCUT2D eigenvalue weighted by atomic mass is 16.5. The number of ether oxygens (including phenoxy) is 1. The lowest BCUT2D eigenvalue weighted by Gasteiger charge is -2.18. The molecule has 1 amide bonds. The summed E-state index contributed by atoms with van der Waals surface area (Å²) in [4.78, 5) is 25.9. The minimum absolute atomic E-state index is 0.230. The quantitative estimate of drug-likeness (QED) is 0.905. The van der Waals surface area contributed by atoms with Gasteiger partial charge in [0.25, 0.3) is 5.91 Å². The monoisotopic (exact) mass is 286 g/mol. The summed E-state index contributed by atoms with van der Waals surface area (Å²) < 4.78 is 5.32. The molecule has 0 aliphatic carbocycles. The molecule has 2 aromatic rings. The van der Waals surface area contributed by atoms with Crippen LogP contribution in [0.5, 0.6) is 5.75 Å². The van der Waals surface area contributed by atoms with Crippen LogP contribution in [0.2, 0.25) is 0 Å². The van der Waals surface area contributed by atoms with E-state index in [1.54, 1.807) is 13.2 Å². The van der Waals surface area contributed by atoms with Crippen molar-refractivity contribution in [1.82, 2.24) is 10.3 Å². The van der Waals surface area contributed by atoms with Gasteiger partial charge in [-0.2, -0.15) is 0 Å². The predicted molar refractivity (Wildman–Crippen MR) is 80.7 cm³/mol. The number of rotatable bonds is 4. The topological polar surface area (TPSA) is 71.2 Å². The largest absolute Gasteiger partial charge is 0.496 e. The third-order valence-electron chi connectivity index (χ3n) is 3.24. The number of H-pyrrole nitrogens is 1. The molecule has 0 fully saturated rings. The molecular formula is C16H18N2O3. The maximum atomic E-state index is 12.2. The molecular weight excluding hydrogens is 268 g/mol. The van der Waals surface area contributed by atoms with Crippen molar-refractivity contribution in [1.29, 1.82) is 0 Å². The van der Waals surface area contributed by atoms with Crippen LogP contribution in [0.25, 0.3) is 0 Å². The maximum Gasteiger partial charge on any atom is 0.252 e. The fraction of sp³-hybridized carbons (Fsp3) is 0.250. The molecule has 0 aliphatic heterocycles. The molecule has 1 aromatic heterocycles. The zero-order valence-corrected chi connectivity index (χ0v) is 12.3. The Balaban J connectivity index is 2.21. The van der Waals surface area contributed by atoms with Gasteiger partial charge in [0, 0.05) is 23.4 Å². The van der Waals surface area contributed by atoms with E-state index < -0.39 is 0 Å². The van der Waals surface area contributed by atoms with Gasteiger partial charge in [-0.1, -0.05) is 17.7 Å². The highest BCUT2D eigenvalue weighted by Gasteiger charge is 2.15. The number of aromatic amines is 1. The normalized spacial score (nSPS) is 11.8. The molecule has 0 saturated heterocycles. The SMILES string of the molecule is COc1ccc(C)cc1C(C)NC(=O)c1cc[nH]c(=O)c1. The van der Waals surface area contributed by atoms with Gasteiger partial charge >= 0.3 is 0 Å². The molecule has 0 radical (unpaired) electrons. The molecule has 5 heteroatoms. The number of hydrogen-bond acceptors (Lipinski definition) is 3. The van der Waals surface area contributed by atoms with Gasteiger partial charge in [0.1, 0.15) is 5.75 Å². The van der Waals surface area contributed by atoms with E-state index in [-0.39, 0.29) is 17.5 Å². The van der Waals surface area contributed by atoms with E-state index in [2.05, 4.69) is 10.3 Å². The summed E-state index contributed by atoms with van der Waals surface area (Å²) in [6, 6.07) is 8.41. The Morgan fingerprint density at radius 2 is 2.05 bits per heavy atom. The Morgan fingerprint density at radius 3 is 2.71 bits per heavy atom. The number of amides is 1. The Bertz CT molecular complexity index is 707. The van der Waals surface area contributed by atoms with Crippen LogP contribution in [-0.2, 0) is 0 Å². The lowest BCUT2D eigenvalue weighted by Crippen LogP contribution is -2.28. The van der Waals surface area contributed by atoms with Gasteiger partial charge in [-0.25, -0.2) is 0 Å². The molecule has 2 N–H and O–H groups in total. The molecule has 1 atom stereocenters. The van der Waals surface area contributed by atoms with E-state index in [0.29, 0.717) is 5.56 Å². The lowest BCUT2D eigenvalue weighted by molar-refractivity contribution is 0.0939. The molecule has 0 saturated carbocycles. The average molecular weight is 286 g/mol. The van der Waals surface area contributed by atoms with Crippen LogP contribution in [0.4, 0.5) is 0 Å². The number of nitrogens with one attached hydrogen (secondary N) is 2. The number of carbonyl (C=O) groups excluding carboxylic acids is 1. The highest BCUT2D eigenvalue weighted by molar-refractivity contribution is 5.94. The number of benzene rings is 1. The second-order valence-electron chi connectivity index (χ2n) is 4.88. The lowest BCUT2D eigenvalue weighted by atomic mass is 10.0. The number of carbonyl (C=O) groups is 1. The number of aryl methyl sites for hydroxylation is 1. The van der Waals surface area contributed by atoms with Crippen molar-refractivity contribution < 1.29 is 9.53 Å². The van der Waals surface area contributed by atoms with Gasteiger partial charge < -0.3 is 15.0 Å². The highest BCUT2D eigenvalue weighted by Crippen LogP contribution is 2.26. The van der Waals surface area contributed by atoms with E-state index in [0.717, 1.165) is 16.9 Å². The number of hydrogen-bond donors (Lipinski definition) is 2. The summed E-state index contributed by atoms with van der Waals surface area (Å²) in [5.41, 5.74) is 2.01. The Labute approximate surface area is 123 Å². The average Bonchev–Trinajstić information content (AvgIpc) is 2.47. The number of pyridine rings is 1. The fourth-order valence-corrected chi connectivity index (χ4v) is 2.14. The van der Waals surface area contributed by atoms with Crippen molar-refractivity contribution in [3.8, 4) is 5.75 Å². The van der Waals surface area contributed by atoms with Gasteiger partial charge in [-0.3, -0.25) is 9.59 Å². The fourth-order valence-electron chi connectivity index (χ4n) is 2.14. The molecule has 1 unspecified atom stereocenters. The molecule has 5 nitrogen and oxygen atoms in total. The van der Waals surface area contributed by atoms with Gasteiger partial charge in [-0.05, 0) is 26.0 Å². The minimum atomic E-state index is -0.302. The molecule has 21 heavy (non-hydrogen) atoms. The standard InChI is InChI=1S/C16H18N2O3/c1-10-4-5-14(21-3)13(8-10)11(2)18-16(20)12-6-7-17-15(19)9-12/h4-9,11H,1-3H3,(H,17,19)(H,18,20). The van der Waals surface area contributed by atoms with Gasteiger partial charge in [0.2, 0.25) is 5.56 Å². The van der Waals surface area contributed by atoms with Gasteiger partial charge in [0.05, 0.1) is 13.2 Å². The molecule has 0 aliphatic rings. The van der Waals surface area contributed by atoms with Crippen molar-refractivity contribution in [3.63, 3.8) is 0 Å². The van der Waals surface area contributed by atoms with E-state index >= 15 is 0 Å². The van der Waals surface area contributed by atoms with Crippen LogP contribution in [0.3, 0.4) is 0 Å². The van der Waals surface area contributed by atoms with Gasteiger partial charge in [0.15, 0.2) is 0 Å². The summed E-state index contributed by atoms with van der Waals surface area (Å²) in [5, 5.41) is 2.87. The van der Waals surface area contributed by atoms with Crippen molar-refractivity contribution in [2.75, 3.05) is 7.11 Å². The molecule has 0 bridgehead atoms. The summed E-state index contributed by atoms with van der Waals surface area (Å²) >= 11 is 0. The second-order valence-corrected chi connectivity index (χ2v) is 4.88. The first kappa shape index (κ1) is 14.8. The van der Waals surface area contributed by atoms with E-state index in [9.17, 15) is 9.59 Å². The van der Waals surface area contributed by atoms with Crippen LogP contribution in [0.15, 0.2) is 41.3 Å². The van der Waals surface area contributed by atoms with Crippen molar-refractivity contribution in [2.24, 2.45) is 0 Å². The Morgan fingerprint density at radius 1 is 1.29 bits per heavy atom. The molecule has 2 rings (SSSR count). The van der Waals surface area contributed by atoms with Crippen molar-refractivity contribution >= 4 is 5.91 Å². The third-order valence-corrected chi connectivity index (χ3v) is 3.24. The Hall–Kier alpha value is -2.56.